The van der Waals surface area contributed by atoms with Gasteiger partial charge in [0.05, 0.1) is 45.2 Å². The van der Waals surface area contributed by atoms with E-state index in [4.69, 9.17) is 14.2 Å². The first-order valence-electron chi connectivity index (χ1n) is 12.6. The Bertz CT molecular complexity index is 727. The van der Waals surface area contributed by atoms with Gasteiger partial charge in [0.1, 0.15) is 0 Å². The Labute approximate surface area is 203 Å². The number of amides is 1. The van der Waals surface area contributed by atoms with Crippen LogP contribution in [0.1, 0.15) is 10.4 Å². The average Bonchev–Trinajstić information content (AvgIpc) is 2.88. The molecule has 9 heteroatoms. The summed E-state index contributed by atoms with van der Waals surface area (Å²) < 4.78 is 16.9. The number of ether oxygens (including phenoxy) is 3. The summed E-state index contributed by atoms with van der Waals surface area (Å²) in [5.74, 6) is 0.0435. The van der Waals surface area contributed by atoms with Crippen molar-refractivity contribution in [1.29, 1.82) is 0 Å². The highest BCUT2D eigenvalue weighted by Crippen LogP contribution is 2.12. The summed E-state index contributed by atoms with van der Waals surface area (Å²) in [7, 11) is 0. The number of benzene rings is 1. The first-order chi connectivity index (χ1) is 16.7. The highest BCUT2D eigenvalue weighted by molar-refractivity contribution is 5.94. The Kier molecular flexibility index (Phi) is 10.1. The molecule has 190 valence electrons. The number of β-amino-alcohol motifs (C(OH)–C–C–N with tert-alkyl or cyclic N) is 1. The summed E-state index contributed by atoms with van der Waals surface area (Å²) in [5.41, 5.74) is 0.707. The first-order valence-corrected chi connectivity index (χ1v) is 12.6. The average molecular weight is 477 g/mol. The van der Waals surface area contributed by atoms with E-state index in [-0.39, 0.29) is 12.0 Å². The first kappa shape index (κ1) is 25.5. The zero-order valence-electron chi connectivity index (χ0n) is 20.2. The van der Waals surface area contributed by atoms with Crippen LogP contribution in [0.2, 0.25) is 0 Å². The van der Waals surface area contributed by atoms with Gasteiger partial charge in [0, 0.05) is 77.6 Å². The Morgan fingerprint density at radius 1 is 0.912 bits per heavy atom. The third-order valence-corrected chi connectivity index (χ3v) is 6.79. The molecule has 3 heterocycles. The number of aliphatic hydroxyl groups excluding tert-OH is 1. The van der Waals surface area contributed by atoms with E-state index < -0.39 is 6.10 Å². The molecule has 0 spiro atoms. The van der Waals surface area contributed by atoms with E-state index in [0.717, 1.165) is 72.2 Å². The van der Waals surface area contributed by atoms with Crippen LogP contribution in [-0.2, 0) is 14.2 Å². The van der Waals surface area contributed by atoms with Crippen LogP contribution in [0.4, 0.5) is 0 Å². The fraction of sp³-hybridized carbons (Fsp3) is 0.720. The third-order valence-electron chi connectivity index (χ3n) is 6.79. The van der Waals surface area contributed by atoms with Crippen molar-refractivity contribution in [3.05, 3.63) is 35.9 Å². The van der Waals surface area contributed by atoms with Gasteiger partial charge >= 0.3 is 0 Å². The van der Waals surface area contributed by atoms with E-state index in [2.05, 4.69) is 14.7 Å². The quantitative estimate of drug-likeness (QED) is 0.500. The molecule has 1 N–H and O–H groups in total. The molecule has 9 nitrogen and oxygen atoms in total. The van der Waals surface area contributed by atoms with Gasteiger partial charge < -0.3 is 24.2 Å². The van der Waals surface area contributed by atoms with Gasteiger partial charge in [0.2, 0.25) is 0 Å². The molecule has 3 fully saturated rings. The van der Waals surface area contributed by atoms with E-state index in [1.165, 1.54) is 0 Å². The van der Waals surface area contributed by atoms with Crippen molar-refractivity contribution < 1.29 is 24.1 Å². The number of nitrogens with zero attached hydrogens (tertiary/aromatic N) is 4. The lowest BCUT2D eigenvalue weighted by atomic mass is 10.1. The van der Waals surface area contributed by atoms with Crippen LogP contribution in [-0.4, -0.2) is 148 Å². The van der Waals surface area contributed by atoms with Gasteiger partial charge in [-0.1, -0.05) is 18.2 Å². The normalized spacial score (nSPS) is 24.1. The monoisotopic (exact) mass is 476 g/mol. The maximum absolute atomic E-state index is 13.3. The second kappa shape index (κ2) is 13.5. The summed E-state index contributed by atoms with van der Waals surface area (Å²) in [5, 5.41) is 10.6. The number of aliphatic hydroxyl groups is 1. The lowest BCUT2D eigenvalue weighted by Crippen LogP contribution is -2.52. The van der Waals surface area contributed by atoms with Gasteiger partial charge in [-0.05, 0) is 12.1 Å². The number of carbonyl (C=O) groups is 1. The smallest absolute Gasteiger partial charge is 0.253 e. The molecule has 0 aromatic heterocycles. The Hall–Kier alpha value is -1.59. The zero-order valence-corrected chi connectivity index (χ0v) is 20.2. The van der Waals surface area contributed by atoms with Gasteiger partial charge in [-0.25, -0.2) is 0 Å². The fourth-order valence-corrected chi connectivity index (χ4v) is 4.87. The van der Waals surface area contributed by atoms with Gasteiger partial charge in [0.25, 0.3) is 5.91 Å². The van der Waals surface area contributed by atoms with Crippen LogP contribution in [0.25, 0.3) is 0 Å². The molecule has 2 unspecified atom stereocenters. The number of morpholine rings is 3. The van der Waals surface area contributed by atoms with Crippen molar-refractivity contribution in [2.75, 3.05) is 105 Å². The zero-order chi connectivity index (χ0) is 23.6. The lowest BCUT2D eigenvalue weighted by Gasteiger charge is -2.38. The maximum Gasteiger partial charge on any atom is 0.253 e. The van der Waals surface area contributed by atoms with Crippen molar-refractivity contribution in [3.63, 3.8) is 0 Å². The molecule has 0 radical (unpaired) electrons. The predicted molar refractivity (Wildman–Crippen MR) is 129 cm³/mol. The summed E-state index contributed by atoms with van der Waals surface area (Å²) >= 11 is 0. The van der Waals surface area contributed by atoms with Gasteiger partial charge in [-0.2, -0.15) is 0 Å². The van der Waals surface area contributed by atoms with Crippen LogP contribution in [0.5, 0.6) is 0 Å². The Morgan fingerprint density at radius 3 is 2.24 bits per heavy atom. The molecule has 3 aliphatic heterocycles. The molecule has 3 saturated heterocycles. The molecular formula is C25H40N4O5. The van der Waals surface area contributed by atoms with E-state index in [1.807, 2.05) is 35.2 Å². The minimum absolute atomic E-state index is 0.0435. The minimum atomic E-state index is -0.403. The molecule has 0 aliphatic carbocycles. The van der Waals surface area contributed by atoms with Crippen LogP contribution >= 0.6 is 0 Å². The van der Waals surface area contributed by atoms with Gasteiger partial charge in [0.15, 0.2) is 0 Å². The predicted octanol–water partition coefficient (Wildman–Crippen LogP) is -0.145. The molecule has 0 bridgehead atoms. The summed E-state index contributed by atoms with van der Waals surface area (Å²) in [4.78, 5) is 22.1. The number of hydrogen-bond acceptors (Lipinski definition) is 8. The fourth-order valence-electron chi connectivity index (χ4n) is 4.87. The van der Waals surface area contributed by atoms with Crippen molar-refractivity contribution in [3.8, 4) is 0 Å². The maximum atomic E-state index is 13.3. The highest BCUT2D eigenvalue weighted by atomic mass is 16.5. The van der Waals surface area contributed by atoms with Crippen LogP contribution in [0.15, 0.2) is 30.3 Å². The molecule has 1 aromatic carbocycles. The summed E-state index contributed by atoms with van der Waals surface area (Å²) in [6, 6.07) is 9.49. The topological polar surface area (TPSA) is 78.0 Å². The third kappa shape index (κ3) is 7.98. The second-order valence-electron chi connectivity index (χ2n) is 9.39. The van der Waals surface area contributed by atoms with Gasteiger partial charge in [-0.3, -0.25) is 19.5 Å². The van der Waals surface area contributed by atoms with Crippen LogP contribution < -0.4 is 0 Å². The number of hydrogen-bond donors (Lipinski definition) is 1. The molecule has 3 aliphatic rings. The Balaban J connectivity index is 1.31. The molecule has 4 rings (SSSR count). The molecule has 1 amide bonds. The van der Waals surface area contributed by atoms with E-state index in [0.29, 0.717) is 38.3 Å². The minimum Gasteiger partial charge on any atom is -0.390 e. The van der Waals surface area contributed by atoms with E-state index >= 15 is 0 Å². The second-order valence-corrected chi connectivity index (χ2v) is 9.39. The van der Waals surface area contributed by atoms with Crippen molar-refractivity contribution in [2.24, 2.45) is 0 Å². The van der Waals surface area contributed by atoms with Crippen molar-refractivity contribution in [1.82, 2.24) is 19.6 Å². The van der Waals surface area contributed by atoms with Crippen LogP contribution in [0, 0.1) is 0 Å². The molecule has 34 heavy (non-hydrogen) atoms. The SMILES string of the molecule is O=C(c1ccccc1)N(CCN1CCOCC1)CC1CN(CC(O)CN2CCOCC2)CCO1. The van der Waals surface area contributed by atoms with Gasteiger partial charge in [-0.15, -0.1) is 0 Å². The van der Waals surface area contributed by atoms with Crippen molar-refractivity contribution in [2.45, 2.75) is 12.2 Å². The molecule has 1 aromatic rings. The molecule has 2 atom stereocenters. The van der Waals surface area contributed by atoms with Crippen molar-refractivity contribution >= 4 is 5.91 Å². The highest BCUT2D eigenvalue weighted by Gasteiger charge is 2.27. The van der Waals surface area contributed by atoms with Crippen LogP contribution in [0.3, 0.4) is 0 Å². The number of carbonyl (C=O) groups excluding carboxylic acids is 1. The summed E-state index contributed by atoms with van der Waals surface area (Å²) in [6.45, 7) is 12.0. The Morgan fingerprint density at radius 2 is 1.53 bits per heavy atom. The largest absolute Gasteiger partial charge is 0.390 e. The number of rotatable bonds is 10. The molecular weight excluding hydrogens is 436 g/mol. The molecule has 0 saturated carbocycles. The summed E-state index contributed by atoms with van der Waals surface area (Å²) in [6.07, 6.45) is -0.470. The standard InChI is InChI=1S/C25H40N4O5/c30-23(18-27-10-15-33-16-11-27)19-28-12-17-34-24(20-28)21-29(7-6-26-8-13-32-14-9-26)25(31)22-4-2-1-3-5-22/h1-5,23-24,30H,6-21H2. The van der Waals surface area contributed by atoms with E-state index in [9.17, 15) is 9.90 Å². The van der Waals surface area contributed by atoms with E-state index in [1.54, 1.807) is 0 Å². The lowest BCUT2D eigenvalue weighted by molar-refractivity contribution is -0.0563.